The van der Waals surface area contributed by atoms with Crippen LogP contribution < -0.4 is 5.73 Å². The molecule has 2 unspecified atom stereocenters. The van der Waals surface area contributed by atoms with E-state index < -0.39 is 0 Å². The molecule has 0 radical (unpaired) electrons. The van der Waals surface area contributed by atoms with Gasteiger partial charge in [-0.05, 0) is 64.2 Å². The lowest BCUT2D eigenvalue weighted by atomic mass is 9.88. The molecule has 2 saturated heterocycles. The third kappa shape index (κ3) is 3.50. The van der Waals surface area contributed by atoms with Crippen molar-refractivity contribution >= 4 is 0 Å². The average Bonchev–Trinajstić information content (AvgIpc) is 2.83. The molecule has 0 spiro atoms. The molecule has 2 atom stereocenters. The fourth-order valence-corrected chi connectivity index (χ4v) is 4.02. The van der Waals surface area contributed by atoms with Crippen molar-refractivity contribution < 1.29 is 0 Å². The van der Waals surface area contributed by atoms with E-state index in [9.17, 15) is 0 Å². The Hall–Kier alpha value is -0.120. The van der Waals surface area contributed by atoms with Crippen LogP contribution >= 0.6 is 0 Å². The van der Waals surface area contributed by atoms with Gasteiger partial charge in [0.2, 0.25) is 0 Å². The maximum absolute atomic E-state index is 6.23. The Morgan fingerprint density at radius 1 is 1.16 bits per heavy atom. The highest BCUT2D eigenvalue weighted by atomic mass is 15.2. The van der Waals surface area contributed by atoms with Gasteiger partial charge in [-0.2, -0.15) is 0 Å². The largest absolute Gasteiger partial charge is 0.329 e. The predicted molar refractivity (Wildman–Crippen MR) is 82.3 cm³/mol. The van der Waals surface area contributed by atoms with E-state index in [-0.39, 0.29) is 0 Å². The standard InChI is InChI=1S/C16H33N3/c1-3-9-18-10-5-7-16(14-17,8-12-18)19-11-6-15(4-2)13-19/h15H,3-14,17H2,1-2H3. The lowest BCUT2D eigenvalue weighted by Gasteiger charge is -2.41. The SMILES string of the molecule is CCCN1CCCC(CN)(N2CCC(CC)C2)CC1. The maximum atomic E-state index is 6.23. The summed E-state index contributed by atoms with van der Waals surface area (Å²) in [6.45, 7) is 11.8. The smallest absolute Gasteiger partial charge is 0.0344 e. The van der Waals surface area contributed by atoms with Crippen LogP contribution in [0.4, 0.5) is 0 Å². The van der Waals surface area contributed by atoms with Gasteiger partial charge in [0.25, 0.3) is 0 Å². The van der Waals surface area contributed by atoms with Gasteiger partial charge in [0, 0.05) is 18.6 Å². The molecule has 0 saturated carbocycles. The van der Waals surface area contributed by atoms with E-state index in [1.54, 1.807) is 0 Å². The molecule has 0 aliphatic carbocycles. The van der Waals surface area contributed by atoms with Crippen LogP contribution in [0.15, 0.2) is 0 Å². The van der Waals surface area contributed by atoms with Crippen molar-refractivity contribution in [3.63, 3.8) is 0 Å². The van der Waals surface area contributed by atoms with Crippen molar-refractivity contribution in [2.24, 2.45) is 11.7 Å². The molecule has 0 bridgehead atoms. The molecular formula is C16H33N3. The summed E-state index contributed by atoms with van der Waals surface area (Å²) in [7, 11) is 0. The highest BCUT2D eigenvalue weighted by Gasteiger charge is 2.40. The first-order valence-corrected chi connectivity index (χ1v) is 8.41. The molecule has 0 amide bonds. The number of hydrogen-bond acceptors (Lipinski definition) is 3. The minimum atomic E-state index is 0.312. The van der Waals surface area contributed by atoms with Crippen LogP contribution in [0.25, 0.3) is 0 Å². The zero-order valence-corrected chi connectivity index (χ0v) is 13.0. The second kappa shape index (κ2) is 7.05. The first-order valence-electron chi connectivity index (χ1n) is 8.41. The van der Waals surface area contributed by atoms with Crippen molar-refractivity contribution in [1.29, 1.82) is 0 Å². The van der Waals surface area contributed by atoms with E-state index in [0.29, 0.717) is 5.54 Å². The molecule has 19 heavy (non-hydrogen) atoms. The molecule has 112 valence electrons. The van der Waals surface area contributed by atoms with Gasteiger partial charge in [0.05, 0.1) is 0 Å². The summed E-state index contributed by atoms with van der Waals surface area (Å²) in [5.74, 6) is 0.915. The zero-order chi connectivity index (χ0) is 13.7. The molecule has 2 aliphatic heterocycles. The Labute approximate surface area is 119 Å². The van der Waals surface area contributed by atoms with Crippen LogP contribution in [-0.4, -0.2) is 54.6 Å². The Bertz CT molecular complexity index is 269. The topological polar surface area (TPSA) is 32.5 Å². The molecule has 2 aliphatic rings. The highest BCUT2D eigenvalue weighted by Crippen LogP contribution is 2.33. The van der Waals surface area contributed by atoms with Gasteiger partial charge in [-0.3, -0.25) is 4.90 Å². The van der Waals surface area contributed by atoms with Crippen molar-refractivity contribution in [2.75, 3.05) is 39.3 Å². The van der Waals surface area contributed by atoms with E-state index in [4.69, 9.17) is 5.73 Å². The Morgan fingerprint density at radius 3 is 2.63 bits per heavy atom. The monoisotopic (exact) mass is 267 g/mol. The summed E-state index contributed by atoms with van der Waals surface area (Å²) < 4.78 is 0. The van der Waals surface area contributed by atoms with Crippen LogP contribution in [-0.2, 0) is 0 Å². The maximum Gasteiger partial charge on any atom is 0.0344 e. The second-order valence-electron chi connectivity index (χ2n) is 6.63. The molecule has 0 aromatic heterocycles. The van der Waals surface area contributed by atoms with E-state index in [0.717, 1.165) is 12.5 Å². The van der Waals surface area contributed by atoms with Gasteiger partial charge in [-0.1, -0.05) is 20.3 Å². The van der Waals surface area contributed by atoms with Gasteiger partial charge >= 0.3 is 0 Å². The molecule has 3 heteroatoms. The summed E-state index contributed by atoms with van der Waals surface area (Å²) in [5, 5.41) is 0. The van der Waals surface area contributed by atoms with Gasteiger partial charge in [-0.25, -0.2) is 0 Å². The molecule has 0 aromatic carbocycles. The van der Waals surface area contributed by atoms with Crippen LogP contribution in [0.1, 0.15) is 52.4 Å². The van der Waals surface area contributed by atoms with Crippen molar-refractivity contribution in [3.8, 4) is 0 Å². The van der Waals surface area contributed by atoms with Crippen LogP contribution in [0.2, 0.25) is 0 Å². The third-order valence-corrected chi connectivity index (χ3v) is 5.46. The van der Waals surface area contributed by atoms with Gasteiger partial charge in [-0.15, -0.1) is 0 Å². The first kappa shape index (κ1) is 15.3. The Balaban J connectivity index is 1.98. The number of nitrogens with two attached hydrogens (primary N) is 1. The van der Waals surface area contributed by atoms with Gasteiger partial charge in [0.15, 0.2) is 0 Å². The molecule has 2 rings (SSSR count). The number of likely N-dealkylation sites (tertiary alicyclic amines) is 2. The molecule has 2 N–H and O–H groups in total. The second-order valence-corrected chi connectivity index (χ2v) is 6.63. The number of rotatable bonds is 5. The minimum Gasteiger partial charge on any atom is -0.329 e. The van der Waals surface area contributed by atoms with Crippen LogP contribution in [0.5, 0.6) is 0 Å². The van der Waals surface area contributed by atoms with Gasteiger partial charge in [0.1, 0.15) is 0 Å². The minimum absolute atomic E-state index is 0.312. The first-order chi connectivity index (χ1) is 9.24. The van der Waals surface area contributed by atoms with Gasteiger partial charge < -0.3 is 10.6 Å². The van der Waals surface area contributed by atoms with E-state index >= 15 is 0 Å². The summed E-state index contributed by atoms with van der Waals surface area (Å²) >= 11 is 0. The highest BCUT2D eigenvalue weighted by molar-refractivity contribution is 4.97. The van der Waals surface area contributed by atoms with Crippen molar-refractivity contribution in [2.45, 2.75) is 57.9 Å². The summed E-state index contributed by atoms with van der Waals surface area (Å²) in [6.07, 6.45) is 7.90. The Morgan fingerprint density at radius 2 is 2.00 bits per heavy atom. The normalized spacial score (nSPS) is 34.6. The number of nitrogens with zero attached hydrogens (tertiary/aromatic N) is 2. The van der Waals surface area contributed by atoms with E-state index in [1.807, 2.05) is 0 Å². The zero-order valence-electron chi connectivity index (χ0n) is 13.0. The fourth-order valence-electron chi connectivity index (χ4n) is 4.02. The Kier molecular flexibility index (Phi) is 5.67. The van der Waals surface area contributed by atoms with Crippen LogP contribution in [0, 0.1) is 5.92 Å². The lowest BCUT2D eigenvalue weighted by Crippen LogP contribution is -2.53. The molecular weight excluding hydrogens is 234 g/mol. The van der Waals surface area contributed by atoms with Crippen LogP contribution in [0.3, 0.4) is 0 Å². The molecule has 2 fully saturated rings. The average molecular weight is 267 g/mol. The van der Waals surface area contributed by atoms with E-state index in [2.05, 4.69) is 23.6 Å². The summed E-state index contributed by atoms with van der Waals surface area (Å²) in [6, 6.07) is 0. The summed E-state index contributed by atoms with van der Waals surface area (Å²) in [4.78, 5) is 5.39. The molecule has 3 nitrogen and oxygen atoms in total. The van der Waals surface area contributed by atoms with Crippen molar-refractivity contribution in [3.05, 3.63) is 0 Å². The van der Waals surface area contributed by atoms with E-state index in [1.165, 1.54) is 71.2 Å². The lowest BCUT2D eigenvalue weighted by molar-refractivity contribution is 0.100. The van der Waals surface area contributed by atoms with Crippen molar-refractivity contribution in [1.82, 2.24) is 9.80 Å². The summed E-state index contributed by atoms with van der Waals surface area (Å²) in [5.41, 5.74) is 6.55. The molecule has 2 heterocycles. The fraction of sp³-hybridized carbons (Fsp3) is 1.00. The molecule has 0 aromatic rings. The quantitative estimate of drug-likeness (QED) is 0.830. The predicted octanol–water partition coefficient (Wildman–Crippen LogP) is 2.31. The third-order valence-electron chi connectivity index (χ3n) is 5.46. The number of hydrogen-bond donors (Lipinski definition) is 1.